The average molecular weight is 307 g/mol. The first-order valence-corrected chi connectivity index (χ1v) is 8.43. The largest absolute Gasteiger partial charge is 0.392 e. The molecule has 0 bridgehead atoms. The molecule has 0 saturated carbocycles. The minimum Gasteiger partial charge on any atom is -0.392 e. The van der Waals surface area contributed by atoms with E-state index >= 15 is 0 Å². The number of nitrogens with two attached hydrogens (primary N) is 1. The molecule has 1 saturated heterocycles. The third-order valence-corrected chi connectivity index (χ3v) is 5.47. The molecule has 1 rings (SSSR count). The highest BCUT2D eigenvalue weighted by atomic mass is 32.2. The van der Waals surface area contributed by atoms with Crippen LogP contribution in [0, 0.1) is 5.41 Å². The van der Waals surface area contributed by atoms with E-state index in [9.17, 15) is 13.2 Å². The van der Waals surface area contributed by atoms with E-state index in [1.807, 2.05) is 6.92 Å². The van der Waals surface area contributed by atoms with E-state index in [4.69, 9.17) is 18.0 Å². The molecule has 1 aliphatic rings. The van der Waals surface area contributed by atoms with Gasteiger partial charge < -0.3 is 10.6 Å². The fourth-order valence-corrected chi connectivity index (χ4v) is 3.06. The fraction of sp³-hybridized carbons (Fsp3) is 0.818. The molecule has 1 heterocycles. The average Bonchev–Trinajstić information content (AvgIpc) is 2.35. The molecule has 0 radical (unpaired) electrons. The van der Waals surface area contributed by atoms with Gasteiger partial charge in [-0.3, -0.25) is 4.79 Å². The molecule has 1 amide bonds. The van der Waals surface area contributed by atoms with Gasteiger partial charge in [-0.25, -0.2) is 8.42 Å². The van der Waals surface area contributed by atoms with Crippen molar-refractivity contribution < 1.29 is 13.2 Å². The number of thiocarbonyl (C=S) groups is 1. The SMILES string of the molecule is CCC(C)(C(=O)N1CCN(S(C)(=O)=O)CC1)C(N)=S. The molecular weight excluding hydrogens is 286 g/mol. The van der Waals surface area contributed by atoms with Gasteiger partial charge in [0.2, 0.25) is 15.9 Å². The minimum atomic E-state index is -3.19. The Bertz CT molecular complexity index is 470. The zero-order valence-corrected chi connectivity index (χ0v) is 13.2. The highest BCUT2D eigenvalue weighted by Gasteiger charge is 2.39. The van der Waals surface area contributed by atoms with Crippen molar-refractivity contribution in [2.24, 2.45) is 11.1 Å². The second-order valence-corrected chi connectivity index (χ2v) is 7.43. The Kier molecular flexibility index (Phi) is 4.91. The van der Waals surface area contributed by atoms with Crippen molar-refractivity contribution in [3.8, 4) is 0 Å². The molecule has 110 valence electrons. The van der Waals surface area contributed by atoms with Crippen molar-refractivity contribution in [1.29, 1.82) is 0 Å². The first-order valence-electron chi connectivity index (χ1n) is 6.17. The van der Waals surface area contributed by atoms with Crippen LogP contribution in [0.2, 0.25) is 0 Å². The summed E-state index contributed by atoms with van der Waals surface area (Å²) in [5, 5.41) is 0. The van der Waals surface area contributed by atoms with E-state index in [-0.39, 0.29) is 10.9 Å². The summed E-state index contributed by atoms with van der Waals surface area (Å²) in [6, 6.07) is 0. The molecule has 0 aliphatic carbocycles. The summed E-state index contributed by atoms with van der Waals surface area (Å²) >= 11 is 4.98. The predicted molar refractivity (Wildman–Crippen MR) is 78.2 cm³/mol. The number of rotatable bonds is 4. The molecule has 6 nitrogen and oxygen atoms in total. The lowest BCUT2D eigenvalue weighted by Crippen LogP contribution is -2.55. The molecule has 1 fully saturated rings. The number of amides is 1. The van der Waals surface area contributed by atoms with Crippen molar-refractivity contribution in [1.82, 2.24) is 9.21 Å². The summed E-state index contributed by atoms with van der Waals surface area (Å²) in [6.07, 6.45) is 1.71. The zero-order valence-electron chi connectivity index (χ0n) is 11.5. The summed E-state index contributed by atoms with van der Waals surface area (Å²) in [7, 11) is -3.19. The predicted octanol–water partition coefficient (Wildman–Crippen LogP) is -0.207. The first-order chi connectivity index (χ1) is 8.63. The summed E-state index contributed by atoms with van der Waals surface area (Å²) in [5.41, 5.74) is 4.82. The third-order valence-electron chi connectivity index (χ3n) is 3.72. The van der Waals surface area contributed by atoms with Gasteiger partial charge in [0.1, 0.15) is 0 Å². The summed E-state index contributed by atoms with van der Waals surface area (Å²) in [4.78, 5) is 14.3. The second kappa shape index (κ2) is 5.72. The molecule has 1 unspecified atom stereocenters. The van der Waals surface area contributed by atoms with Gasteiger partial charge in [0.05, 0.1) is 16.7 Å². The van der Waals surface area contributed by atoms with Crippen LogP contribution in [0.5, 0.6) is 0 Å². The second-order valence-electron chi connectivity index (χ2n) is 5.00. The Morgan fingerprint density at radius 3 is 2.11 bits per heavy atom. The molecule has 0 spiro atoms. The number of piperazine rings is 1. The van der Waals surface area contributed by atoms with E-state index in [0.29, 0.717) is 32.6 Å². The third kappa shape index (κ3) is 3.43. The van der Waals surface area contributed by atoms with Crippen molar-refractivity contribution in [2.75, 3.05) is 32.4 Å². The number of carbonyl (C=O) groups is 1. The lowest BCUT2D eigenvalue weighted by molar-refractivity contribution is -0.139. The van der Waals surface area contributed by atoms with Gasteiger partial charge in [-0.05, 0) is 13.3 Å². The van der Waals surface area contributed by atoms with E-state index < -0.39 is 15.4 Å². The van der Waals surface area contributed by atoms with Crippen LogP contribution in [-0.4, -0.2) is 61.0 Å². The maximum Gasteiger partial charge on any atom is 0.235 e. The molecule has 2 N–H and O–H groups in total. The van der Waals surface area contributed by atoms with Crippen LogP contribution < -0.4 is 5.73 Å². The molecule has 8 heteroatoms. The summed E-state index contributed by atoms with van der Waals surface area (Å²) < 4.78 is 24.2. The van der Waals surface area contributed by atoms with Crippen molar-refractivity contribution >= 4 is 33.1 Å². The van der Waals surface area contributed by atoms with Crippen LogP contribution in [0.4, 0.5) is 0 Å². The normalized spacial score (nSPS) is 20.9. The molecule has 0 aromatic heterocycles. The molecule has 0 aromatic rings. The van der Waals surface area contributed by atoms with Gasteiger partial charge in [-0.1, -0.05) is 19.1 Å². The Morgan fingerprint density at radius 1 is 1.32 bits per heavy atom. The molecule has 1 atom stereocenters. The number of nitrogens with zero attached hydrogens (tertiary/aromatic N) is 2. The molecule has 0 aromatic carbocycles. The maximum atomic E-state index is 12.4. The monoisotopic (exact) mass is 307 g/mol. The van der Waals surface area contributed by atoms with E-state index in [2.05, 4.69) is 0 Å². The fourth-order valence-electron chi connectivity index (χ4n) is 2.00. The van der Waals surface area contributed by atoms with Crippen molar-refractivity contribution in [3.05, 3.63) is 0 Å². The standard InChI is InChI=1S/C11H21N3O3S2/c1-4-11(2,9(12)18)10(15)13-5-7-14(8-6-13)19(3,16)17/h4-8H2,1-3H3,(H2,12,18). The van der Waals surface area contributed by atoms with Gasteiger partial charge in [-0.15, -0.1) is 0 Å². The number of sulfonamides is 1. The quantitative estimate of drug-likeness (QED) is 0.727. The number of hydrogen-bond acceptors (Lipinski definition) is 4. The topological polar surface area (TPSA) is 83.7 Å². The summed E-state index contributed by atoms with van der Waals surface area (Å²) in [5.74, 6) is -0.115. The van der Waals surface area contributed by atoms with Crippen LogP contribution in [0.1, 0.15) is 20.3 Å². The lowest BCUT2D eigenvalue weighted by Gasteiger charge is -2.38. The molecular formula is C11H21N3O3S2. The highest BCUT2D eigenvalue weighted by molar-refractivity contribution is 7.88. The Morgan fingerprint density at radius 2 is 1.79 bits per heavy atom. The van der Waals surface area contributed by atoms with E-state index in [1.54, 1.807) is 11.8 Å². The molecule has 1 aliphatic heterocycles. The Labute approximate surface area is 120 Å². The van der Waals surface area contributed by atoms with Crippen LogP contribution in [0.25, 0.3) is 0 Å². The van der Waals surface area contributed by atoms with Crippen molar-refractivity contribution in [3.63, 3.8) is 0 Å². The van der Waals surface area contributed by atoms with Crippen LogP contribution in [0.15, 0.2) is 0 Å². The van der Waals surface area contributed by atoms with Gasteiger partial charge in [0.25, 0.3) is 0 Å². The first kappa shape index (κ1) is 16.3. The van der Waals surface area contributed by atoms with Gasteiger partial charge in [-0.2, -0.15) is 4.31 Å². The lowest BCUT2D eigenvalue weighted by atomic mass is 9.85. The van der Waals surface area contributed by atoms with Crippen molar-refractivity contribution in [2.45, 2.75) is 20.3 Å². The maximum absolute atomic E-state index is 12.4. The van der Waals surface area contributed by atoms with Gasteiger partial charge >= 0.3 is 0 Å². The number of hydrogen-bond donors (Lipinski definition) is 1. The highest BCUT2D eigenvalue weighted by Crippen LogP contribution is 2.25. The van der Waals surface area contributed by atoms with E-state index in [1.165, 1.54) is 10.6 Å². The zero-order chi connectivity index (χ0) is 14.8. The van der Waals surface area contributed by atoms with Crippen LogP contribution >= 0.6 is 12.2 Å². The summed E-state index contributed by atoms with van der Waals surface area (Å²) in [6.45, 7) is 5.00. The molecule has 19 heavy (non-hydrogen) atoms. The Balaban J connectivity index is 2.76. The Hall–Kier alpha value is -0.730. The number of carbonyl (C=O) groups excluding carboxylic acids is 1. The smallest absolute Gasteiger partial charge is 0.235 e. The van der Waals surface area contributed by atoms with Gasteiger partial charge in [0.15, 0.2) is 0 Å². The van der Waals surface area contributed by atoms with Gasteiger partial charge in [0, 0.05) is 26.2 Å². The van der Waals surface area contributed by atoms with Crippen LogP contribution in [-0.2, 0) is 14.8 Å². The minimum absolute atomic E-state index is 0.115. The van der Waals surface area contributed by atoms with Crippen LogP contribution in [0.3, 0.4) is 0 Å². The van der Waals surface area contributed by atoms with E-state index in [0.717, 1.165) is 0 Å².